The van der Waals surface area contributed by atoms with Crippen molar-refractivity contribution in [2.45, 2.75) is 18.2 Å². The molecule has 21 heavy (non-hydrogen) atoms. The highest BCUT2D eigenvalue weighted by atomic mass is 35.5. The highest BCUT2D eigenvalue weighted by molar-refractivity contribution is 7.89. The number of nitrogens with zero attached hydrogens (tertiary/aromatic N) is 2. The lowest BCUT2D eigenvalue weighted by Gasteiger charge is -2.09. The summed E-state index contributed by atoms with van der Waals surface area (Å²) in [5.74, 6) is 1.19. The van der Waals surface area contributed by atoms with Gasteiger partial charge in [-0.3, -0.25) is 0 Å². The van der Waals surface area contributed by atoms with Gasteiger partial charge in [0.2, 0.25) is 10.0 Å². The Morgan fingerprint density at radius 3 is 2.81 bits per heavy atom. The second kappa shape index (κ2) is 6.88. The fourth-order valence-electron chi connectivity index (χ4n) is 1.69. The SMILES string of the molecule is CCNc1ncc(S(=O)(=O)NCCc2ncc[nH]2)cc1Cl. The molecule has 2 aromatic heterocycles. The maximum atomic E-state index is 12.1. The van der Waals surface area contributed by atoms with E-state index in [0.29, 0.717) is 18.8 Å². The fourth-order valence-corrected chi connectivity index (χ4v) is 2.99. The summed E-state index contributed by atoms with van der Waals surface area (Å²) in [5.41, 5.74) is 0. The van der Waals surface area contributed by atoms with Gasteiger partial charge in [-0.05, 0) is 13.0 Å². The Hall–Kier alpha value is -1.64. The van der Waals surface area contributed by atoms with Gasteiger partial charge in [0.05, 0.1) is 5.02 Å². The molecular formula is C12H16ClN5O2S. The van der Waals surface area contributed by atoms with Crippen molar-refractivity contribution in [2.75, 3.05) is 18.4 Å². The van der Waals surface area contributed by atoms with Gasteiger partial charge in [-0.1, -0.05) is 11.6 Å². The zero-order chi connectivity index (χ0) is 15.3. The number of hydrogen-bond acceptors (Lipinski definition) is 5. The van der Waals surface area contributed by atoms with E-state index in [4.69, 9.17) is 11.6 Å². The van der Waals surface area contributed by atoms with Crippen molar-refractivity contribution in [1.29, 1.82) is 0 Å². The average molecular weight is 330 g/mol. The predicted octanol–water partition coefficient (Wildman–Crippen LogP) is 1.41. The molecule has 0 bridgehead atoms. The molecule has 9 heteroatoms. The van der Waals surface area contributed by atoms with E-state index >= 15 is 0 Å². The van der Waals surface area contributed by atoms with Crippen molar-refractivity contribution < 1.29 is 8.42 Å². The molecule has 0 aliphatic heterocycles. The number of hydrogen-bond donors (Lipinski definition) is 3. The number of H-pyrrole nitrogens is 1. The Labute approximate surface area is 128 Å². The minimum atomic E-state index is -3.63. The van der Waals surface area contributed by atoms with Crippen LogP contribution in [0.4, 0.5) is 5.82 Å². The molecule has 0 unspecified atom stereocenters. The van der Waals surface area contributed by atoms with Crippen LogP contribution in [0.5, 0.6) is 0 Å². The topological polar surface area (TPSA) is 99.8 Å². The predicted molar refractivity (Wildman–Crippen MR) is 80.9 cm³/mol. The summed E-state index contributed by atoms with van der Waals surface area (Å²) in [4.78, 5) is 11.0. The number of sulfonamides is 1. The normalized spacial score (nSPS) is 11.5. The summed E-state index contributed by atoms with van der Waals surface area (Å²) in [6.07, 6.45) is 5.06. The van der Waals surface area contributed by atoms with Gasteiger partial charge in [-0.15, -0.1) is 0 Å². The number of rotatable bonds is 7. The zero-order valence-corrected chi connectivity index (χ0v) is 13.0. The molecule has 3 N–H and O–H groups in total. The van der Waals surface area contributed by atoms with Gasteiger partial charge in [0.1, 0.15) is 16.5 Å². The molecule has 0 radical (unpaired) electrons. The van der Waals surface area contributed by atoms with Crippen molar-refractivity contribution in [3.8, 4) is 0 Å². The van der Waals surface area contributed by atoms with Crippen molar-refractivity contribution >= 4 is 27.4 Å². The number of aromatic nitrogens is 3. The molecule has 0 saturated carbocycles. The summed E-state index contributed by atoms with van der Waals surface area (Å²) >= 11 is 6.00. The third kappa shape index (κ3) is 4.16. The number of nitrogens with one attached hydrogen (secondary N) is 3. The van der Waals surface area contributed by atoms with E-state index < -0.39 is 10.0 Å². The Bertz CT molecular complexity index is 688. The molecule has 2 rings (SSSR count). The van der Waals surface area contributed by atoms with Crippen molar-refractivity contribution in [1.82, 2.24) is 19.7 Å². The summed E-state index contributed by atoms with van der Waals surface area (Å²) in [6, 6.07) is 1.38. The lowest BCUT2D eigenvalue weighted by molar-refractivity contribution is 0.580. The van der Waals surface area contributed by atoms with E-state index in [0.717, 1.165) is 5.82 Å². The first kappa shape index (κ1) is 15.7. The Morgan fingerprint density at radius 2 is 2.19 bits per heavy atom. The summed E-state index contributed by atoms with van der Waals surface area (Å²) < 4.78 is 26.7. The van der Waals surface area contributed by atoms with E-state index in [1.54, 1.807) is 12.4 Å². The molecule has 0 atom stereocenters. The second-order valence-corrected chi connectivity index (χ2v) is 6.39. The molecule has 0 aliphatic carbocycles. The standard InChI is InChI=1S/C12H16ClN5O2S/c1-2-14-12-10(13)7-9(8-17-12)21(19,20)18-4-3-11-15-5-6-16-11/h5-8,18H,2-4H2,1H3,(H,14,17)(H,15,16). The lowest BCUT2D eigenvalue weighted by Crippen LogP contribution is -2.26. The summed E-state index contributed by atoms with van der Waals surface area (Å²) in [7, 11) is -3.63. The molecule has 2 aromatic rings. The van der Waals surface area contributed by atoms with Crippen LogP contribution < -0.4 is 10.0 Å². The van der Waals surface area contributed by atoms with Crippen molar-refractivity contribution in [3.63, 3.8) is 0 Å². The summed E-state index contributed by atoms with van der Waals surface area (Å²) in [6.45, 7) is 2.79. The summed E-state index contributed by atoms with van der Waals surface area (Å²) in [5, 5.41) is 3.21. The number of anilines is 1. The first-order valence-electron chi connectivity index (χ1n) is 6.40. The monoisotopic (exact) mass is 329 g/mol. The molecule has 7 nitrogen and oxygen atoms in total. The van der Waals surface area contributed by atoms with Gasteiger partial charge in [0.15, 0.2) is 0 Å². The molecule has 0 aliphatic rings. The van der Waals surface area contributed by atoms with Gasteiger partial charge in [-0.2, -0.15) is 0 Å². The van der Waals surface area contributed by atoms with Crippen LogP contribution in [-0.4, -0.2) is 36.5 Å². The van der Waals surface area contributed by atoms with Crippen LogP contribution in [0.25, 0.3) is 0 Å². The van der Waals surface area contributed by atoms with Gasteiger partial charge in [-0.25, -0.2) is 23.1 Å². The Kier molecular flexibility index (Phi) is 5.16. The Morgan fingerprint density at radius 1 is 1.38 bits per heavy atom. The van der Waals surface area contributed by atoms with Crippen molar-refractivity contribution in [2.24, 2.45) is 0 Å². The lowest BCUT2D eigenvalue weighted by atomic mass is 10.4. The van der Waals surface area contributed by atoms with E-state index in [1.807, 2.05) is 6.92 Å². The highest BCUT2D eigenvalue weighted by Crippen LogP contribution is 2.22. The van der Waals surface area contributed by atoms with E-state index in [2.05, 4.69) is 25.0 Å². The van der Waals surface area contributed by atoms with Gasteiger partial charge in [0.25, 0.3) is 0 Å². The smallest absolute Gasteiger partial charge is 0.242 e. The molecule has 0 aromatic carbocycles. The van der Waals surface area contributed by atoms with Gasteiger partial charge in [0, 0.05) is 38.1 Å². The van der Waals surface area contributed by atoms with Crippen LogP contribution in [0.1, 0.15) is 12.7 Å². The minimum Gasteiger partial charge on any atom is -0.369 e. The second-order valence-electron chi connectivity index (χ2n) is 4.22. The highest BCUT2D eigenvalue weighted by Gasteiger charge is 2.16. The van der Waals surface area contributed by atoms with Gasteiger partial charge >= 0.3 is 0 Å². The molecule has 0 fully saturated rings. The van der Waals surface area contributed by atoms with Crippen LogP contribution >= 0.6 is 11.6 Å². The quantitative estimate of drug-likeness (QED) is 0.713. The Balaban J connectivity index is 2.03. The minimum absolute atomic E-state index is 0.0357. The van der Waals surface area contributed by atoms with Crippen LogP contribution in [0.3, 0.4) is 0 Å². The molecule has 114 valence electrons. The third-order valence-electron chi connectivity index (χ3n) is 2.68. The van der Waals surface area contributed by atoms with E-state index in [1.165, 1.54) is 12.3 Å². The molecule has 2 heterocycles. The van der Waals surface area contributed by atoms with E-state index in [9.17, 15) is 8.42 Å². The van der Waals surface area contributed by atoms with Gasteiger partial charge < -0.3 is 10.3 Å². The first-order valence-corrected chi connectivity index (χ1v) is 8.26. The number of aromatic amines is 1. The maximum Gasteiger partial charge on any atom is 0.242 e. The maximum absolute atomic E-state index is 12.1. The third-order valence-corrected chi connectivity index (χ3v) is 4.40. The zero-order valence-electron chi connectivity index (χ0n) is 11.4. The van der Waals surface area contributed by atoms with Crippen molar-refractivity contribution in [3.05, 3.63) is 35.5 Å². The van der Waals surface area contributed by atoms with Crippen LogP contribution in [0.2, 0.25) is 5.02 Å². The van der Waals surface area contributed by atoms with E-state index in [-0.39, 0.29) is 16.5 Å². The number of pyridine rings is 1. The van der Waals surface area contributed by atoms with Crippen LogP contribution in [-0.2, 0) is 16.4 Å². The fraction of sp³-hybridized carbons (Fsp3) is 0.333. The molecule has 0 saturated heterocycles. The average Bonchev–Trinajstić information content (AvgIpc) is 2.94. The molecule has 0 spiro atoms. The number of halogens is 1. The molecular weight excluding hydrogens is 314 g/mol. The van der Waals surface area contributed by atoms with Crippen LogP contribution in [0.15, 0.2) is 29.6 Å². The number of imidazole rings is 1. The first-order chi connectivity index (χ1) is 10.0. The molecule has 0 amide bonds. The van der Waals surface area contributed by atoms with Crippen LogP contribution in [0, 0.1) is 0 Å². The largest absolute Gasteiger partial charge is 0.369 e.